The van der Waals surface area contributed by atoms with E-state index in [2.05, 4.69) is 19.2 Å². The third-order valence-corrected chi connectivity index (χ3v) is 7.09. The lowest BCUT2D eigenvalue weighted by Gasteiger charge is -2.30. The number of halogens is 1. The molecule has 2 saturated carbocycles. The molecule has 0 bridgehead atoms. The van der Waals surface area contributed by atoms with Gasteiger partial charge in [0.25, 0.3) is 0 Å². The van der Waals surface area contributed by atoms with Crippen LogP contribution in [-0.4, -0.2) is 29.3 Å². The van der Waals surface area contributed by atoms with E-state index in [0.29, 0.717) is 17.2 Å². The molecule has 0 aliphatic heterocycles. The van der Waals surface area contributed by atoms with Crippen LogP contribution in [0.4, 0.5) is 4.39 Å². The molecule has 0 radical (unpaired) electrons. The summed E-state index contributed by atoms with van der Waals surface area (Å²) < 4.78 is 18.7. The highest BCUT2D eigenvalue weighted by molar-refractivity contribution is 5.73. The van der Waals surface area contributed by atoms with Crippen LogP contribution in [0, 0.1) is 5.82 Å². The molecule has 2 aliphatic rings. The number of carbonyl (C=O) groups is 1. The molecule has 5 heteroatoms. The maximum atomic E-state index is 13.2. The molecule has 2 aliphatic carbocycles. The largest absolute Gasteiger partial charge is 0.478 e. The Morgan fingerprint density at radius 2 is 1.51 bits per heavy atom. The topological polar surface area (TPSA) is 58.6 Å². The summed E-state index contributed by atoms with van der Waals surface area (Å²) >= 11 is 0. The standard InChI is InChI=1S/C18H19FO3.C12H23N/c1-12(2)14-6-8-16(9-7-14)22-17(18(20)21)11-13-4-3-5-15(19)10-13;1-3-7-11(8-4-1)13-12-9-5-2-6-10-12/h3-10,12,17H,11H2,1-2H3,(H,20,21);11-13H,1-10H2. The molecule has 0 heterocycles. The van der Waals surface area contributed by atoms with Crippen molar-refractivity contribution in [2.75, 3.05) is 0 Å². The molecule has 4 nitrogen and oxygen atoms in total. The van der Waals surface area contributed by atoms with Crippen molar-refractivity contribution in [3.8, 4) is 5.75 Å². The van der Waals surface area contributed by atoms with Crippen LogP contribution in [0.3, 0.4) is 0 Å². The number of hydrogen-bond acceptors (Lipinski definition) is 3. The van der Waals surface area contributed by atoms with E-state index < -0.39 is 12.1 Å². The molecule has 0 aromatic heterocycles. The lowest BCUT2D eigenvalue weighted by Crippen LogP contribution is -2.40. The van der Waals surface area contributed by atoms with E-state index >= 15 is 0 Å². The Hall–Kier alpha value is -2.40. The normalized spacial score (nSPS) is 17.9. The highest BCUT2D eigenvalue weighted by Gasteiger charge is 2.21. The molecule has 192 valence electrons. The minimum Gasteiger partial charge on any atom is -0.478 e. The minimum atomic E-state index is -1.07. The SMILES string of the molecule is C1CCC(NC2CCCCC2)CC1.CC(C)c1ccc(OC(Cc2cccc(F)c2)C(=O)O)cc1. The summed E-state index contributed by atoms with van der Waals surface area (Å²) in [5.74, 6) is -0.565. The van der Waals surface area contributed by atoms with Crippen molar-refractivity contribution in [2.24, 2.45) is 0 Å². The Balaban J connectivity index is 0.000000223. The number of hydrogen-bond donors (Lipinski definition) is 2. The van der Waals surface area contributed by atoms with Gasteiger partial charge in [-0.1, -0.05) is 76.6 Å². The number of carboxylic acids is 1. The van der Waals surface area contributed by atoms with E-state index in [4.69, 9.17) is 4.74 Å². The smallest absolute Gasteiger partial charge is 0.345 e. The number of carboxylic acid groups (broad SMARTS) is 1. The first-order valence-electron chi connectivity index (χ1n) is 13.4. The van der Waals surface area contributed by atoms with Gasteiger partial charge in [0.05, 0.1) is 0 Å². The van der Waals surface area contributed by atoms with Crippen molar-refractivity contribution in [3.05, 3.63) is 65.5 Å². The summed E-state index contributed by atoms with van der Waals surface area (Å²) in [5.41, 5.74) is 1.75. The number of rotatable bonds is 8. The monoisotopic (exact) mass is 483 g/mol. The highest BCUT2D eigenvalue weighted by atomic mass is 19.1. The maximum Gasteiger partial charge on any atom is 0.345 e. The Bertz CT molecular complexity index is 871. The van der Waals surface area contributed by atoms with Gasteiger partial charge in [-0.25, -0.2) is 9.18 Å². The summed E-state index contributed by atoms with van der Waals surface area (Å²) in [4.78, 5) is 11.3. The molecule has 1 unspecified atom stereocenters. The average Bonchev–Trinajstić information content (AvgIpc) is 2.86. The van der Waals surface area contributed by atoms with Crippen molar-refractivity contribution in [2.45, 2.75) is 109 Å². The molecule has 0 spiro atoms. The molecule has 35 heavy (non-hydrogen) atoms. The summed E-state index contributed by atoms with van der Waals surface area (Å²) in [5, 5.41) is 13.1. The van der Waals surface area contributed by atoms with Gasteiger partial charge in [-0.05, 0) is 67.0 Å². The van der Waals surface area contributed by atoms with Gasteiger partial charge < -0.3 is 15.2 Å². The number of nitrogens with one attached hydrogen (secondary N) is 1. The van der Waals surface area contributed by atoms with Gasteiger partial charge >= 0.3 is 5.97 Å². The fraction of sp³-hybridized carbons (Fsp3) is 0.567. The lowest BCUT2D eigenvalue weighted by molar-refractivity contribution is -0.145. The molecule has 2 N–H and O–H groups in total. The van der Waals surface area contributed by atoms with Gasteiger partial charge in [0.1, 0.15) is 11.6 Å². The van der Waals surface area contributed by atoms with Crippen molar-refractivity contribution >= 4 is 5.97 Å². The van der Waals surface area contributed by atoms with E-state index in [1.54, 1.807) is 24.3 Å². The molecule has 2 aromatic rings. The van der Waals surface area contributed by atoms with E-state index in [9.17, 15) is 14.3 Å². The van der Waals surface area contributed by atoms with Gasteiger partial charge in [0.2, 0.25) is 0 Å². The number of benzene rings is 2. The zero-order valence-corrected chi connectivity index (χ0v) is 21.3. The number of ether oxygens (including phenoxy) is 1. The van der Waals surface area contributed by atoms with Crippen LogP contribution in [0.15, 0.2) is 48.5 Å². The van der Waals surface area contributed by atoms with Crippen molar-refractivity contribution in [3.63, 3.8) is 0 Å². The lowest BCUT2D eigenvalue weighted by atomic mass is 9.91. The first kappa shape index (κ1) is 27.2. The van der Waals surface area contributed by atoms with Crippen LogP contribution in [-0.2, 0) is 11.2 Å². The molecule has 1 atom stereocenters. The molecule has 2 fully saturated rings. The Labute approximate surface area is 210 Å². The van der Waals surface area contributed by atoms with Crippen molar-refractivity contribution in [1.29, 1.82) is 0 Å². The Kier molecular flexibility index (Phi) is 11.1. The molecule has 2 aromatic carbocycles. The van der Waals surface area contributed by atoms with Crippen LogP contribution in [0.25, 0.3) is 0 Å². The Morgan fingerprint density at radius 1 is 0.943 bits per heavy atom. The van der Waals surface area contributed by atoms with Crippen molar-refractivity contribution < 1.29 is 19.0 Å². The molecule has 0 amide bonds. The third-order valence-electron chi connectivity index (χ3n) is 7.09. The van der Waals surface area contributed by atoms with Gasteiger partial charge in [0, 0.05) is 18.5 Å². The van der Waals surface area contributed by atoms with E-state index in [0.717, 1.165) is 17.6 Å². The van der Waals surface area contributed by atoms with Gasteiger partial charge in [-0.15, -0.1) is 0 Å². The van der Waals surface area contributed by atoms with Crippen LogP contribution >= 0.6 is 0 Å². The van der Waals surface area contributed by atoms with E-state index in [1.165, 1.54) is 76.3 Å². The Morgan fingerprint density at radius 3 is 2.00 bits per heavy atom. The van der Waals surface area contributed by atoms with Crippen molar-refractivity contribution in [1.82, 2.24) is 5.32 Å². The number of aliphatic carboxylic acids is 1. The van der Waals surface area contributed by atoms with Gasteiger partial charge in [-0.3, -0.25) is 0 Å². The predicted octanol–water partition coefficient (Wildman–Crippen LogP) is 7.27. The van der Waals surface area contributed by atoms with E-state index in [1.807, 2.05) is 12.1 Å². The second kappa shape index (κ2) is 14.2. The fourth-order valence-electron chi connectivity index (χ4n) is 5.02. The quantitative estimate of drug-likeness (QED) is 0.415. The van der Waals surface area contributed by atoms with E-state index in [-0.39, 0.29) is 12.2 Å². The summed E-state index contributed by atoms with van der Waals surface area (Å²) in [7, 11) is 0. The zero-order valence-electron chi connectivity index (χ0n) is 21.3. The molecule has 4 rings (SSSR count). The van der Waals surface area contributed by atoms with Gasteiger partial charge in [0.15, 0.2) is 6.10 Å². The minimum absolute atomic E-state index is 0.110. The van der Waals surface area contributed by atoms with Gasteiger partial charge in [-0.2, -0.15) is 0 Å². The molecular formula is C30H42FNO3. The second-order valence-corrected chi connectivity index (χ2v) is 10.3. The first-order chi connectivity index (χ1) is 16.9. The van der Waals surface area contributed by atoms with Crippen LogP contribution in [0.2, 0.25) is 0 Å². The van der Waals surface area contributed by atoms with Crippen LogP contribution in [0.1, 0.15) is 95.1 Å². The van der Waals surface area contributed by atoms with Crippen LogP contribution in [0.5, 0.6) is 5.75 Å². The summed E-state index contributed by atoms with van der Waals surface area (Å²) in [6, 6.07) is 15.0. The first-order valence-corrected chi connectivity index (χ1v) is 13.4. The molecular weight excluding hydrogens is 441 g/mol. The summed E-state index contributed by atoms with van der Waals surface area (Å²) in [6.07, 6.45) is 13.6. The average molecular weight is 484 g/mol. The molecule has 0 saturated heterocycles. The fourth-order valence-corrected chi connectivity index (χ4v) is 5.02. The van der Waals surface area contributed by atoms with Crippen LogP contribution < -0.4 is 10.1 Å². The highest BCUT2D eigenvalue weighted by Crippen LogP contribution is 2.23. The predicted molar refractivity (Wildman–Crippen MR) is 140 cm³/mol. The second-order valence-electron chi connectivity index (χ2n) is 10.3. The maximum absolute atomic E-state index is 13.2. The summed E-state index contributed by atoms with van der Waals surface area (Å²) in [6.45, 7) is 4.17. The zero-order chi connectivity index (χ0) is 25.0. The third kappa shape index (κ3) is 9.64.